The number of carbonyl (C=O) groups is 1. The topological polar surface area (TPSA) is 36.7 Å². The van der Waals surface area contributed by atoms with Crippen LogP contribution in [-0.2, 0) is 11.0 Å². The molecule has 1 fully saturated rings. The van der Waals surface area contributed by atoms with E-state index in [4.69, 9.17) is 16.6 Å². The minimum absolute atomic E-state index is 0.274. The van der Waals surface area contributed by atoms with Crippen LogP contribution in [0.25, 0.3) is 17.4 Å². The standard InChI is InChI=1S/C17H13F3N2O2S/c1-21-13(15(23)22(2)16(21)25)9-12-6-7-14(24-12)10-4-3-5-11(8-10)17(18,19)20/h3-9H,1-2H3/b13-9+. The van der Waals surface area contributed by atoms with Crippen LogP contribution in [0.4, 0.5) is 13.2 Å². The highest BCUT2D eigenvalue weighted by atomic mass is 32.1. The van der Waals surface area contributed by atoms with E-state index in [-0.39, 0.29) is 11.7 Å². The van der Waals surface area contributed by atoms with E-state index in [9.17, 15) is 18.0 Å². The summed E-state index contributed by atoms with van der Waals surface area (Å²) in [7, 11) is 3.23. The molecule has 0 unspecified atom stereocenters. The van der Waals surface area contributed by atoms with Crippen molar-refractivity contribution in [3.05, 3.63) is 53.4 Å². The number of likely N-dealkylation sites (N-methyl/N-ethyl adjacent to an activating group) is 2. The van der Waals surface area contributed by atoms with Crippen molar-refractivity contribution in [1.82, 2.24) is 9.80 Å². The van der Waals surface area contributed by atoms with Gasteiger partial charge in [0.05, 0.1) is 5.56 Å². The van der Waals surface area contributed by atoms with Gasteiger partial charge in [-0.2, -0.15) is 13.2 Å². The summed E-state index contributed by atoms with van der Waals surface area (Å²) in [5.74, 6) is 0.354. The molecule has 0 N–H and O–H groups in total. The Balaban J connectivity index is 1.93. The molecular formula is C17H13F3N2O2S. The molecule has 0 radical (unpaired) electrons. The fraction of sp³-hybridized carbons (Fsp3) is 0.176. The molecule has 4 nitrogen and oxygen atoms in total. The van der Waals surface area contributed by atoms with Gasteiger partial charge in [-0.25, -0.2) is 0 Å². The van der Waals surface area contributed by atoms with E-state index in [1.807, 2.05) is 0 Å². The molecule has 2 aromatic rings. The first kappa shape index (κ1) is 17.2. The van der Waals surface area contributed by atoms with Gasteiger partial charge in [0.1, 0.15) is 17.2 Å². The van der Waals surface area contributed by atoms with E-state index in [0.29, 0.717) is 22.1 Å². The molecule has 1 saturated heterocycles. The number of furan rings is 1. The fourth-order valence-electron chi connectivity index (χ4n) is 2.46. The number of halogens is 3. The summed E-state index contributed by atoms with van der Waals surface area (Å²) in [5, 5.41) is 0.362. The Kier molecular flexibility index (Phi) is 4.16. The second-order valence-electron chi connectivity index (χ2n) is 5.52. The summed E-state index contributed by atoms with van der Waals surface area (Å²) < 4.78 is 44.0. The first-order chi connectivity index (χ1) is 11.7. The number of benzene rings is 1. The van der Waals surface area contributed by atoms with Crippen molar-refractivity contribution in [1.29, 1.82) is 0 Å². The SMILES string of the molecule is CN1C(=O)/C(=C\c2ccc(-c3cccc(C(F)(F)F)c3)o2)N(C)C1=S. The molecule has 0 spiro atoms. The lowest BCUT2D eigenvalue weighted by atomic mass is 10.1. The summed E-state index contributed by atoms with van der Waals surface area (Å²) in [5.41, 5.74) is -0.116. The molecule has 0 aliphatic carbocycles. The Labute approximate surface area is 147 Å². The largest absolute Gasteiger partial charge is 0.457 e. The second-order valence-corrected chi connectivity index (χ2v) is 5.88. The Morgan fingerprint density at radius 2 is 1.84 bits per heavy atom. The van der Waals surface area contributed by atoms with Crippen molar-refractivity contribution in [2.75, 3.05) is 14.1 Å². The van der Waals surface area contributed by atoms with E-state index < -0.39 is 11.7 Å². The van der Waals surface area contributed by atoms with Gasteiger partial charge in [0, 0.05) is 25.7 Å². The number of amides is 1. The van der Waals surface area contributed by atoms with Crippen molar-refractivity contribution in [2.45, 2.75) is 6.18 Å². The smallest absolute Gasteiger partial charge is 0.416 e. The molecule has 0 saturated carbocycles. The van der Waals surface area contributed by atoms with Crippen molar-refractivity contribution in [2.24, 2.45) is 0 Å². The predicted octanol–water partition coefficient (Wildman–Crippen LogP) is 4.00. The van der Waals surface area contributed by atoms with Gasteiger partial charge in [0.25, 0.3) is 5.91 Å². The third kappa shape index (κ3) is 3.17. The first-order valence-electron chi connectivity index (χ1n) is 7.23. The van der Waals surface area contributed by atoms with Crippen molar-refractivity contribution < 1.29 is 22.4 Å². The number of nitrogens with zero attached hydrogens (tertiary/aromatic N) is 2. The lowest BCUT2D eigenvalue weighted by Gasteiger charge is -2.10. The van der Waals surface area contributed by atoms with Crippen molar-refractivity contribution in [3.8, 4) is 11.3 Å². The van der Waals surface area contributed by atoms with Crippen LogP contribution in [0.1, 0.15) is 11.3 Å². The van der Waals surface area contributed by atoms with Gasteiger partial charge < -0.3 is 9.32 Å². The van der Waals surface area contributed by atoms with Crippen LogP contribution in [0.5, 0.6) is 0 Å². The zero-order valence-corrected chi connectivity index (χ0v) is 14.1. The predicted molar refractivity (Wildman–Crippen MR) is 90.3 cm³/mol. The van der Waals surface area contributed by atoms with Crippen LogP contribution in [0.3, 0.4) is 0 Å². The molecule has 130 valence electrons. The zero-order valence-electron chi connectivity index (χ0n) is 13.3. The molecule has 0 bridgehead atoms. The highest BCUT2D eigenvalue weighted by molar-refractivity contribution is 7.80. The number of carbonyl (C=O) groups excluding carboxylic acids is 1. The maximum absolute atomic E-state index is 12.8. The third-order valence-corrected chi connectivity index (χ3v) is 4.39. The van der Waals surface area contributed by atoms with E-state index >= 15 is 0 Å². The molecule has 1 aliphatic rings. The quantitative estimate of drug-likeness (QED) is 0.595. The summed E-state index contributed by atoms with van der Waals surface area (Å²) in [6.07, 6.45) is -2.91. The van der Waals surface area contributed by atoms with Gasteiger partial charge in [-0.05, 0) is 36.5 Å². The van der Waals surface area contributed by atoms with Crippen LogP contribution in [0.15, 0.2) is 46.5 Å². The molecule has 25 heavy (non-hydrogen) atoms. The zero-order chi connectivity index (χ0) is 18.4. The number of rotatable bonds is 2. The normalized spacial score (nSPS) is 17.1. The molecular weight excluding hydrogens is 353 g/mol. The number of alkyl halides is 3. The maximum atomic E-state index is 12.8. The summed E-state index contributed by atoms with van der Waals surface area (Å²) in [4.78, 5) is 15.0. The van der Waals surface area contributed by atoms with E-state index in [1.54, 1.807) is 31.1 Å². The average Bonchev–Trinajstić information content (AvgIpc) is 3.11. The molecule has 1 aromatic heterocycles. The van der Waals surface area contributed by atoms with Crippen molar-refractivity contribution >= 4 is 29.3 Å². The molecule has 1 amide bonds. The maximum Gasteiger partial charge on any atom is 0.416 e. The minimum Gasteiger partial charge on any atom is -0.457 e. The highest BCUT2D eigenvalue weighted by Crippen LogP contribution is 2.33. The number of thiocarbonyl (C=S) groups is 1. The lowest BCUT2D eigenvalue weighted by Crippen LogP contribution is -2.26. The molecule has 1 aliphatic heterocycles. The van der Waals surface area contributed by atoms with Gasteiger partial charge >= 0.3 is 6.18 Å². The second kappa shape index (κ2) is 6.03. The fourth-order valence-corrected chi connectivity index (χ4v) is 2.64. The molecule has 2 heterocycles. The Morgan fingerprint density at radius 1 is 1.12 bits per heavy atom. The Bertz CT molecular complexity index is 886. The van der Waals surface area contributed by atoms with Crippen LogP contribution < -0.4 is 0 Å². The van der Waals surface area contributed by atoms with Crippen LogP contribution in [-0.4, -0.2) is 34.9 Å². The van der Waals surface area contributed by atoms with Gasteiger partial charge in [0.15, 0.2) is 5.11 Å². The molecule has 1 aromatic carbocycles. The Hall–Kier alpha value is -2.61. The van der Waals surface area contributed by atoms with E-state index in [2.05, 4.69) is 0 Å². The highest BCUT2D eigenvalue weighted by Gasteiger charge is 2.33. The Morgan fingerprint density at radius 3 is 2.44 bits per heavy atom. The van der Waals surface area contributed by atoms with Gasteiger partial charge in [-0.15, -0.1) is 0 Å². The summed E-state index contributed by atoms with van der Waals surface area (Å²) in [6.45, 7) is 0. The molecule has 8 heteroatoms. The number of hydrogen-bond donors (Lipinski definition) is 0. The molecule has 3 rings (SSSR count). The minimum atomic E-state index is -4.42. The summed E-state index contributed by atoms with van der Waals surface area (Å²) in [6, 6.07) is 8.01. The van der Waals surface area contributed by atoms with Gasteiger partial charge in [-0.1, -0.05) is 12.1 Å². The van der Waals surface area contributed by atoms with Crippen LogP contribution >= 0.6 is 12.2 Å². The van der Waals surface area contributed by atoms with Crippen molar-refractivity contribution in [3.63, 3.8) is 0 Å². The monoisotopic (exact) mass is 366 g/mol. The molecule has 0 atom stereocenters. The third-order valence-electron chi connectivity index (χ3n) is 3.84. The first-order valence-corrected chi connectivity index (χ1v) is 7.64. The van der Waals surface area contributed by atoms with Crippen LogP contribution in [0.2, 0.25) is 0 Å². The summed E-state index contributed by atoms with van der Waals surface area (Å²) >= 11 is 5.12. The van der Waals surface area contributed by atoms with Crippen LogP contribution in [0, 0.1) is 0 Å². The van der Waals surface area contributed by atoms with Gasteiger partial charge in [0.2, 0.25) is 0 Å². The van der Waals surface area contributed by atoms with Gasteiger partial charge in [-0.3, -0.25) is 9.69 Å². The number of hydrogen-bond acceptors (Lipinski definition) is 3. The lowest BCUT2D eigenvalue weighted by molar-refractivity contribution is -0.137. The van der Waals surface area contributed by atoms with E-state index in [1.165, 1.54) is 23.1 Å². The van der Waals surface area contributed by atoms with E-state index in [0.717, 1.165) is 12.1 Å². The average molecular weight is 366 g/mol.